The van der Waals surface area contributed by atoms with Gasteiger partial charge >= 0.3 is 5.97 Å². The number of hydrogen-bond donors (Lipinski definition) is 1. The van der Waals surface area contributed by atoms with E-state index in [4.69, 9.17) is 4.74 Å². The maximum Gasteiger partial charge on any atom is 0.326 e. The highest BCUT2D eigenvalue weighted by Gasteiger charge is 2.18. The molecule has 17 heavy (non-hydrogen) atoms. The normalized spacial score (nSPS) is 12.0. The van der Waals surface area contributed by atoms with E-state index in [0.29, 0.717) is 0 Å². The van der Waals surface area contributed by atoms with Gasteiger partial charge in [-0.25, -0.2) is 8.78 Å². The van der Waals surface area contributed by atoms with E-state index in [0.717, 1.165) is 18.2 Å². The molecule has 0 aromatic heterocycles. The molecule has 0 fully saturated rings. The van der Waals surface area contributed by atoms with Gasteiger partial charge in [0.1, 0.15) is 18.5 Å². The van der Waals surface area contributed by atoms with Crippen LogP contribution in [-0.2, 0) is 9.53 Å². The van der Waals surface area contributed by atoms with E-state index in [2.05, 4.69) is 10.1 Å². The van der Waals surface area contributed by atoms with Crippen LogP contribution < -0.4 is 10.1 Å². The van der Waals surface area contributed by atoms with E-state index in [9.17, 15) is 13.6 Å². The Morgan fingerprint density at radius 3 is 2.76 bits per heavy atom. The smallest absolute Gasteiger partial charge is 0.326 e. The number of carbonyl (C=O) groups excluding carboxylic acids is 1. The Labute approximate surface area is 97.5 Å². The first-order valence-corrected chi connectivity index (χ1v) is 4.91. The summed E-state index contributed by atoms with van der Waals surface area (Å²) >= 11 is 0. The van der Waals surface area contributed by atoms with Crippen LogP contribution in [0.3, 0.4) is 0 Å². The molecule has 1 aromatic carbocycles. The average molecular weight is 245 g/mol. The molecular weight excluding hydrogens is 232 g/mol. The van der Waals surface area contributed by atoms with Gasteiger partial charge in [0.2, 0.25) is 0 Å². The fourth-order valence-electron chi connectivity index (χ4n) is 1.17. The van der Waals surface area contributed by atoms with Gasteiger partial charge in [0.05, 0.1) is 7.11 Å². The highest BCUT2D eigenvalue weighted by Crippen LogP contribution is 2.18. The van der Waals surface area contributed by atoms with Gasteiger partial charge in [-0.1, -0.05) is 0 Å². The lowest BCUT2D eigenvalue weighted by atomic mass is 10.3. The lowest BCUT2D eigenvalue weighted by Gasteiger charge is -2.14. The zero-order chi connectivity index (χ0) is 12.8. The van der Waals surface area contributed by atoms with Gasteiger partial charge in [-0.05, 0) is 19.2 Å². The zero-order valence-corrected chi connectivity index (χ0v) is 9.50. The van der Waals surface area contributed by atoms with Gasteiger partial charge in [-0.3, -0.25) is 4.79 Å². The number of methoxy groups -OCH3 is 1. The molecule has 1 rings (SSSR count). The summed E-state index contributed by atoms with van der Waals surface area (Å²) in [4.78, 5) is 11.2. The van der Waals surface area contributed by atoms with E-state index in [1.807, 2.05) is 0 Å². The van der Waals surface area contributed by atoms with Crippen molar-refractivity contribution in [1.82, 2.24) is 5.32 Å². The molecule has 1 aromatic rings. The minimum absolute atomic E-state index is 0.149. The molecule has 1 N–H and O–H groups in total. The third kappa shape index (κ3) is 3.67. The summed E-state index contributed by atoms with van der Waals surface area (Å²) in [5, 5.41) is 2.64. The summed E-state index contributed by atoms with van der Waals surface area (Å²) < 4.78 is 35.5. The summed E-state index contributed by atoms with van der Waals surface area (Å²) in [7, 11) is 2.77. The van der Waals surface area contributed by atoms with E-state index in [1.54, 1.807) is 0 Å². The predicted molar refractivity (Wildman–Crippen MR) is 56.7 cm³/mol. The number of likely N-dealkylation sites (N-methyl/N-ethyl adjacent to an activating group) is 1. The fraction of sp³-hybridized carbons (Fsp3) is 0.364. The quantitative estimate of drug-likeness (QED) is 0.789. The number of ether oxygens (including phenoxy) is 2. The molecule has 0 bridgehead atoms. The van der Waals surface area contributed by atoms with Gasteiger partial charge in [0.15, 0.2) is 11.6 Å². The van der Waals surface area contributed by atoms with Crippen LogP contribution in [0.25, 0.3) is 0 Å². The molecule has 94 valence electrons. The molecule has 0 saturated heterocycles. The highest BCUT2D eigenvalue weighted by molar-refractivity contribution is 5.75. The Bertz CT molecular complexity index is 398. The van der Waals surface area contributed by atoms with Gasteiger partial charge in [-0.15, -0.1) is 0 Å². The lowest BCUT2D eigenvalue weighted by molar-refractivity contribution is -0.143. The van der Waals surface area contributed by atoms with Crippen LogP contribution in [-0.4, -0.2) is 32.8 Å². The van der Waals surface area contributed by atoms with Crippen molar-refractivity contribution in [3.8, 4) is 5.75 Å². The summed E-state index contributed by atoms with van der Waals surface area (Å²) in [5.74, 6) is -2.08. The maximum atomic E-state index is 13.2. The molecule has 0 heterocycles. The summed E-state index contributed by atoms with van der Waals surface area (Å²) in [6.07, 6.45) is 0. The van der Waals surface area contributed by atoms with Crippen LogP contribution in [0.4, 0.5) is 8.78 Å². The molecule has 0 aliphatic carbocycles. The minimum atomic E-state index is -0.734. The standard InChI is InChI=1S/C11H13F2NO3/c1-14-9(11(15)16-2)6-17-10-5-7(12)3-4-8(10)13/h3-5,9,14H,6H2,1-2H3. The molecule has 0 radical (unpaired) electrons. The van der Waals surface area contributed by atoms with Gasteiger partial charge in [-0.2, -0.15) is 0 Å². The topological polar surface area (TPSA) is 47.6 Å². The van der Waals surface area contributed by atoms with Crippen molar-refractivity contribution in [2.45, 2.75) is 6.04 Å². The van der Waals surface area contributed by atoms with Crippen molar-refractivity contribution in [3.05, 3.63) is 29.8 Å². The Morgan fingerprint density at radius 2 is 2.18 bits per heavy atom. The first-order valence-electron chi connectivity index (χ1n) is 4.91. The Morgan fingerprint density at radius 1 is 1.47 bits per heavy atom. The summed E-state index contributed by atoms with van der Waals surface area (Å²) in [6.45, 7) is -0.149. The SMILES string of the molecule is CNC(COc1cc(F)ccc1F)C(=O)OC. The second-order valence-corrected chi connectivity index (χ2v) is 3.25. The van der Waals surface area contributed by atoms with Crippen LogP contribution in [0.5, 0.6) is 5.75 Å². The number of halogens is 2. The third-order valence-electron chi connectivity index (χ3n) is 2.13. The monoisotopic (exact) mass is 245 g/mol. The molecule has 0 aliphatic rings. The fourth-order valence-corrected chi connectivity index (χ4v) is 1.17. The number of carbonyl (C=O) groups is 1. The van der Waals surface area contributed by atoms with Crippen LogP contribution in [0.1, 0.15) is 0 Å². The van der Waals surface area contributed by atoms with Gasteiger partial charge < -0.3 is 14.8 Å². The van der Waals surface area contributed by atoms with Crippen LogP contribution in [0.15, 0.2) is 18.2 Å². The molecular formula is C11H13F2NO3. The van der Waals surface area contributed by atoms with Crippen molar-refractivity contribution in [3.63, 3.8) is 0 Å². The lowest BCUT2D eigenvalue weighted by Crippen LogP contribution is -2.40. The number of rotatable bonds is 5. The van der Waals surface area contributed by atoms with Gasteiger partial charge in [0.25, 0.3) is 0 Å². The van der Waals surface area contributed by atoms with Gasteiger partial charge in [0, 0.05) is 6.07 Å². The molecule has 0 spiro atoms. The number of nitrogens with one attached hydrogen (secondary N) is 1. The molecule has 1 unspecified atom stereocenters. The van der Waals surface area contributed by atoms with Crippen molar-refractivity contribution < 1.29 is 23.0 Å². The second-order valence-electron chi connectivity index (χ2n) is 3.25. The van der Waals surface area contributed by atoms with Crippen molar-refractivity contribution in [2.24, 2.45) is 0 Å². The molecule has 0 amide bonds. The highest BCUT2D eigenvalue weighted by atomic mass is 19.1. The van der Waals surface area contributed by atoms with Crippen LogP contribution >= 0.6 is 0 Å². The van der Waals surface area contributed by atoms with E-state index in [1.165, 1.54) is 14.2 Å². The number of hydrogen-bond acceptors (Lipinski definition) is 4. The molecule has 1 atom stereocenters. The largest absolute Gasteiger partial charge is 0.488 e. The Balaban J connectivity index is 2.65. The predicted octanol–water partition coefficient (Wildman–Crippen LogP) is 1.10. The summed E-state index contributed by atoms with van der Waals surface area (Å²) in [5.41, 5.74) is 0. The van der Waals surface area contributed by atoms with Crippen molar-refractivity contribution in [2.75, 3.05) is 20.8 Å². The van der Waals surface area contributed by atoms with Crippen molar-refractivity contribution in [1.29, 1.82) is 0 Å². The third-order valence-corrected chi connectivity index (χ3v) is 2.13. The number of benzene rings is 1. The Hall–Kier alpha value is -1.69. The van der Waals surface area contributed by atoms with E-state index in [-0.39, 0.29) is 12.4 Å². The molecule has 0 aliphatic heterocycles. The second kappa shape index (κ2) is 6.15. The van der Waals surface area contributed by atoms with Crippen molar-refractivity contribution >= 4 is 5.97 Å². The first-order chi connectivity index (χ1) is 8.08. The number of esters is 1. The molecule has 0 saturated carbocycles. The molecule has 4 nitrogen and oxygen atoms in total. The van der Waals surface area contributed by atoms with E-state index >= 15 is 0 Å². The Kier molecular flexibility index (Phi) is 4.84. The maximum absolute atomic E-state index is 13.2. The minimum Gasteiger partial charge on any atom is -0.488 e. The summed E-state index contributed by atoms with van der Waals surface area (Å²) in [6, 6.07) is 2.12. The average Bonchev–Trinajstić information content (AvgIpc) is 2.33. The zero-order valence-electron chi connectivity index (χ0n) is 9.50. The van der Waals surface area contributed by atoms with E-state index < -0.39 is 23.6 Å². The van der Waals surface area contributed by atoms with Crippen LogP contribution in [0, 0.1) is 11.6 Å². The van der Waals surface area contributed by atoms with Crippen LogP contribution in [0.2, 0.25) is 0 Å². The first kappa shape index (κ1) is 13.4. The molecule has 6 heteroatoms.